The van der Waals surface area contributed by atoms with E-state index in [1.165, 1.54) is 4.88 Å². The molecule has 0 spiro atoms. The Morgan fingerprint density at radius 2 is 2.15 bits per heavy atom. The maximum atomic E-state index is 11.8. The van der Waals surface area contributed by atoms with Gasteiger partial charge in [-0.05, 0) is 31.3 Å². The van der Waals surface area contributed by atoms with Gasteiger partial charge in [0.15, 0.2) is 0 Å². The lowest BCUT2D eigenvalue weighted by molar-refractivity contribution is -0.121. The highest BCUT2D eigenvalue weighted by Gasteiger charge is 2.13. The minimum Gasteiger partial charge on any atom is -0.335 e. The number of imide groups is 1. The van der Waals surface area contributed by atoms with Crippen LogP contribution in [0.25, 0.3) is 0 Å². The van der Waals surface area contributed by atoms with Crippen LogP contribution in [0, 0.1) is 0 Å². The van der Waals surface area contributed by atoms with Crippen LogP contribution in [0.4, 0.5) is 4.79 Å². The summed E-state index contributed by atoms with van der Waals surface area (Å²) in [5, 5.41) is 7.09. The van der Waals surface area contributed by atoms with Crippen molar-refractivity contribution in [3.63, 3.8) is 0 Å². The lowest BCUT2D eigenvalue weighted by Crippen LogP contribution is -2.46. The molecule has 0 saturated heterocycles. The summed E-state index contributed by atoms with van der Waals surface area (Å²) < 4.78 is 0. The molecule has 0 fully saturated rings. The van der Waals surface area contributed by atoms with Gasteiger partial charge in [-0.3, -0.25) is 15.0 Å². The van der Waals surface area contributed by atoms with E-state index in [-0.39, 0.29) is 18.5 Å². The number of likely N-dealkylation sites (N-methyl/N-ethyl adjacent to an activating group) is 1. The highest BCUT2D eigenvalue weighted by Crippen LogP contribution is 2.11. The Morgan fingerprint density at radius 1 is 1.40 bits per heavy atom. The molecule has 3 amide bonds. The largest absolute Gasteiger partial charge is 0.335 e. The standard InChI is InChI=1S/C14H23N3O2S/c1-4-11(3)15-14(19)16-13(18)10-17(5-2)9-12-7-6-8-20-12/h6-8,11H,4-5,9-10H2,1-3H3,(H2,15,16,18,19)/t11-/m1/s1. The normalized spacial score (nSPS) is 12.2. The van der Waals surface area contributed by atoms with Gasteiger partial charge in [-0.15, -0.1) is 11.3 Å². The summed E-state index contributed by atoms with van der Waals surface area (Å²) in [6, 6.07) is 3.68. The van der Waals surface area contributed by atoms with Gasteiger partial charge in [-0.25, -0.2) is 4.79 Å². The molecule has 1 aromatic heterocycles. The minimum atomic E-state index is -0.420. The number of carbonyl (C=O) groups is 2. The maximum absolute atomic E-state index is 11.8. The molecule has 0 bridgehead atoms. The van der Waals surface area contributed by atoms with Crippen LogP contribution in [-0.2, 0) is 11.3 Å². The number of nitrogens with one attached hydrogen (secondary N) is 2. The molecule has 1 rings (SSSR count). The maximum Gasteiger partial charge on any atom is 0.321 e. The molecule has 0 aliphatic carbocycles. The van der Waals surface area contributed by atoms with Crippen LogP contribution >= 0.6 is 11.3 Å². The second-order valence-electron chi connectivity index (χ2n) is 4.71. The smallest absolute Gasteiger partial charge is 0.321 e. The second-order valence-corrected chi connectivity index (χ2v) is 5.75. The van der Waals surface area contributed by atoms with E-state index in [1.807, 2.05) is 43.2 Å². The fourth-order valence-electron chi connectivity index (χ4n) is 1.63. The summed E-state index contributed by atoms with van der Waals surface area (Å²) >= 11 is 1.67. The van der Waals surface area contributed by atoms with Crippen molar-refractivity contribution in [3.05, 3.63) is 22.4 Å². The number of rotatable bonds is 7. The van der Waals surface area contributed by atoms with Crippen molar-refractivity contribution in [1.82, 2.24) is 15.5 Å². The summed E-state index contributed by atoms with van der Waals surface area (Å²) in [4.78, 5) is 26.6. The molecule has 0 aliphatic rings. The van der Waals surface area contributed by atoms with Gasteiger partial charge in [0.05, 0.1) is 6.54 Å². The number of thiophene rings is 1. The average Bonchev–Trinajstić information content (AvgIpc) is 2.90. The number of hydrogen-bond acceptors (Lipinski definition) is 4. The molecular weight excluding hydrogens is 274 g/mol. The third-order valence-corrected chi connectivity index (χ3v) is 3.88. The Morgan fingerprint density at radius 3 is 2.70 bits per heavy atom. The number of nitrogens with zero attached hydrogens (tertiary/aromatic N) is 1. The molecule has 1 heterocycles. The second kappa shape index (κ2) is 8.71. The molecule has 20 heavy (non-hydrogen) atoms. The van der Waals surface area contributed by atoms with Gasteiger partial charge >= 0.3 is 6.03 Å². The summed E-state index contributed by atoms with van der Waals surface area (Å²) in [5.41, 5.74) is 0. The zero-order valence-corrected chi connectivity index (χ0v) is 13.1. The van der Waals surface area contributed by atoms with Crippen LogP contribution in [0.3, 0.4) is 0 Å². The van der Waals surface area contributed by atoms with Crippen LogP contribution in [0.5, 0.6) is 0 Å². The molecule has 0 aliphatic heterocycles. The highest BCUT2D eigenvalue weighted by molar-refractivity contribution is 7.09. The van der Waals surface area contributed by atoms with Crippen molar-refractivity contribution in [3.8, 4) is 0 Å². The van der Waals surface area contributed by atoms with E-state index in [0.717, 1.165) is 19.5 Å². The van der Waals surface area contributed by atoms with Gasteiger partial charge in [0, 0.05) is 17.5 Å². The van der Waals surface area contributed by atoms with E-state index in [1.54, 1.807) is 11.3 Å². The number of hydrogen-bond donors (Lipinski definition) is 2. The predicted molar refractivity (Wildman–Crippen MR) is 81.7 cm³/mol. The molecule has 0 aromatic carbocycles. The third-order valence-electron chi connectivity index (χ3n) is 3.02. The molecule has 6 heteroatoms. The van der Waals surface area contributed by atoms with E-state index in [0.29, 0.717) is 0 Å². The van der Waals surface area contributed by atoms with Gasteiger partial charge in [-0.1, -0.05) is 19.9 Å². The van der Waals surface area contributed by atoms with Crippen LogP contribution in [0.1, 0.15) is 32.1 Å². The Kier molecular flexibility index (Phi) is 7.25. The lowest BCUT2D eigenvalue weighted by atomic mass is 10.3. The van der Waals surface area contributed by atoms with Crippen LogP contribution in [0.2, 0.25) is 0 Å². The number of carbonyl (C=O) groups excluding carboxylic acids is 2. The topological polar surface area (TPSA) is 61.4 Å². The number of urea groups is 1. The van der Waals surface area contributed by atoms with Crippen molar-refractivity contribution in [2.24, 2.45) is 0 Å². The van der Waals surface area contributed by atoms with Crippen molar-refractivity contribution >= 4 is 23.3 Å². The Bertz CT molecular complexity index is 420. The van der Waals surface area contributed by atoms with Gasteiger partial charge in [0.2, 0.25) is 5.91 Å². The quantitative estimate of drug-likeness (QED) is 0.811. The lowest BCUT2D eigenvalue weighted by Gasteiger charge is -2.19. The fourth-order valence-corrected chi connectivity index (χ4v) is 2.38. The molecule has 5 nitrogen and oxygen atoms in total. The summed E-state index contributed by atoms with van der Waals surface area (Å²) in [5.74, 6) is -0.274. The first kappa shape index (κ1) is 16.7. The molecule has 0 radical (unpaired) electrons. The van der Waals surface area contributed by atoms with E-state index in [4.69, 9.17) is 0 Å². The first-order chi connectivity index (χ1) is 9.55. The van der Waals surface area contributed by atoms with Gasteiger partial charge in [-0.2, -0.15) is 0 Å². The summed E-state index contributed by atoms with van der Waals surface area (Å²) in [6.45, 7) is 7.60. The van der Waals surface area contributed by atoms with Crippen molar-refractivity contribution in [2.75, 3.05) is 13.1 Å². The zero-order valence-electron chi connectivity index (χ0n) is 12.3. The highest BCUT2D eigenvalue weighted by atomic mass is 32.1. The molecule has 112 valence electrons. The van der Waals surface area contributed by atoms with E-state index >= 15 is 0 Å². The average molecular weight is 297 g/mol. The first-order valence-electron chi connectivity index (χ1n) is 6.90. The Balaban J connectivity index is 2.37. The predicted octanol–water partition coefficient (Wildman–Crippen LogP) is 2.19. The summed E-state index contributed by atoms with van der Waals surface area (Å²) in [7, 11) is 0. The minimum absolute atomic E-state index is 0.0659. The van der Waals surface area contributed by atoms with Crippen molar-refractivity contribution < 1.29 is 9.59 Å². The van der Waals surface area contributed by atoms with Crippen molar-refractivity contribution in [2.45, 2.75) is 39.8 Å². The molecule has 1 aromatic rings. The number of amides is 3. The summed E-state index contributed by atoms with van der Waals surface area (Å²) in [6.07, 6.45) is 0.834. The SMILES string of the molecule is CC[C@@H](C)NC(=O)NC(=O)CN(CC)Cc1cccs1. The molecular formula is C14H23N3O2S. The van der Waals surface area contributed by atoms with Crippen LogP contribution in [0.15, 0.2) is 17.5 Å². The fraction of sp³-hybridized carbons (Fsp3) is 0.571. The van der Waals surface area contributed by atoms with Gasteiger partial charge in [0.1, 0.15) is 0 Å². The van der Waals surface area contributed by atoms with E-state index in [2.05, 4.69) is 10.6 Å². The monoisotopic (exact) mass is 297 g/mol. The Hall–Kier alpha value is -1.40. The first-order valence-corrected chi connectivity index (χ1v) is 7.78. The molecule has 0 unspecified atom stereocenters. The van der Waals surface area contributed by atoms with E-state index < -0.39 is 6.03 Å². The van der Waals surface area contributed by atoms with Crippen LogP contribution < -0.4 is 10.6 Å². The van der Waals surface area contributed by atoms with E-state index in [9.17, 15) is 9.59 Å². The van der Waals surface area contributed by atoms with Crippen LogP contribution in [-0.4, -0.2) is 36.0 Å². The van der Waals surface area contributed by atoms with Crippen molar-refractivity contribution in [1.29, 1.82) is 0 Å². The molecule has 1 atom stereocenters. The molecule has 0 saturated carbocycles. The Labute approximate surface area is 124 Å². The zero-order chi connectivity index (χ0) is 15.0. The molecule has 2 N–H and O–H groups in total. The third kappa shape index (κ3) is 6.16. The van der Waals surface area contributed by atoms with Gasteiger partial charge in [0.25, 0.3) is 0 Å². The van der Waals surface area contributed by atoms with Gasteiger partial charge < -0.3 is 5.32 Å².